The summed E-state index contributed by atoms with van der Waals surface area (Å²) < 4.78 is 6.92. The van der Waals surface area contributed by atoms with E-state index in [1.54, 1.807) is 0 Å². The molecule has 0 saturated carbocycles. The largest absolute Gasteiger partial charge is 0.455 e. The standard InChI is InChI=1S/C62H43NO/c1-61(2)54-28-16-14-26-48(54)50-33-31-44(38-56(50)61)63(46-36-52(40-18-6-3-7-19-40)60-53(37-46)59-47-25-13-12-20-41(47)30-35-58(59)64-60)45-32-34-51-49-27-15-17-29-55(49)62(57(51)39-45,42-21-8-4-9-22-42)43-23-10-5-11-24-43/h3-39H,1-2H3. The lowest BCUT2D eigenvalue weighted by Crippen LogP contribution is -2.28. The van der Waals surface area contributed by atoms with Crippen molar-refractivity contribution in [2.24, 2.45) is 0 Å². The van der Waals surface area contributed by atoms with E-state index in [1.807, 2.05) is 0 Å². The Balaban J connectivity index is 1.13. The second kappa shape index (κ2) is 13.8. The Hall–Kier alpha value is -7.94. The van der Waals surface area contributed by atoms with E-state index >= 15 is 0 Å². The van der Waals surface area contributed by atoms with Crippen LogP contribution in [-0.4, -0.2) is 0 Å². The zero-order valence-electron chi connectivity index (χ0n) is 35.7. The molecule has 10 aromatic carbocycles. The maximum atomic E-state index is 6.92. The number of hydrogen-bond donors (Lipinski definition) is 0. The first kappa shape index (κ1) is 36.7. The summed E-state index contributed by atoms with van der Waals surface area (Å²) in [4.78, 5) is 2.50. The van der Waals surface area contributed by atoms with E-state index in [9.17, 15) is 0 Å². The van der Waals surface area contributed by atoms with Crippen LogP contribution in [0.5, 0.6) is 0 Å². The molecule has 2 heteroatoms. The third kappa shape index (κ3) is 5.14. The van der Waals surface area contributed by atoms with E-state index in [0.29, 0.717) is 0 Å². The predicted molar refractivity (Wildman–Crippen MR) is 266 cm³/mol. The van der Waals surface area contributed by atoms with Crippen LogP contribution in [0.25, 0.3) is 66.1 Å². The Morgan fingerprint density at radius 2 is 0.922 bits per heavy atom. The minimum atomic E-state index is -0.545. The summed E-state index contributed by atoms with van der Waals surface area (Å²) in [5.41, 5.74) is 19.4. The Bertz CT molecular complexity index is 3600. The first-order valence-electron chi connectivity index (χ1n) is 22.3. The average molecular weight is 818 g/mol. The van der Waals surface area contributed by atoms with Crippen LogP contribution in [-0.2, 0) is 10.8 Å². The number of nitrogens with zero attached hydrogens (tertiary/aromatic N) is 1. The minimum absolute atomic E-state index is 0.179. The van der Waals surface area contributed by atoms with E-state index in [0.717, 1.165) is 50.1 Å². The molecule has 0 spiro atoms. The van der Waals surface area contributed by atoms with E-state index < -0.39 is 5.41 Å². The summed E-state index contributed by atoms with van der Waals surface area (Å²) in [6, 6.07) is 82.8. The second-order valence-electron chi connectivity index (χ2n) is 18.0. The van der Waals surface area contributed by atoms with Crippen molar-refractivity contribution in [1.82, 2.24) is 0 Å². The van der Waals surface area contributed by atoms with Crippen LogP contribution in [0.2, 0.25) is 0 Å². The highest BCUT2D eigenvalue weighted by Gasteiger charge is 2.46. The Labute approximate surface area is 373 Å². The Morgan fingerprint density at radius 1 is 0.375 bits per heavy atom. The van der Waals surface area contributed by atoms with Crippen molar-refractivity contribution in [3.8, 4) is 33.4 Å². The zero-order chi connectivity index (χ0) is 42.6. The van der Waals surface area contributed by atoms with Gasteiger partial charge in [-0.2, -0.15) is 0 Å². The fraction of sp³-hybridized carbons (Fsp3) is 0.0645. The van der Waals surface area contributed by atoms with Gasteiger partial charge in [-0.05, 0) is 114 Å². The van der Waals surface area contributed by atoms with Crippen LogP contribution < -0.4 is 4.90 Å². The Morgan fingerprint density at radius 3 is 1.62 bits per heavy atom. The molecule has 2 nitrogen and oxygen atoms in total. The van der Waals surface area contributed by atoms with Gasteiger partial charge in [0.05, 0.1) is 5.41 Å². The molecular formula is C62H43NO. The highest BCUT2D eigenvalue weighted by molar-refractivity contribution is 6.21. The summed E-state index contributed by atoms with van der Waals surface area (Å²) in [7, 11) is 0. The summed E-state index contributed by atoms with van der Waals surface area (Å²) in [5, 5.41) is 4.61. The van der Waals surface area contributed by atoms with E-state index in [2.05, 4.69) is 243 Å². The lowest BCUT2D eigenvalue weighted by Gasteiger charge is -2.35. The molecule has 0 N–H and O–H groups in total. The molecule has 0 amide bonds. The van der Waals surface area contributed by atoms with E-state index in [1.165, 1.54) is 66.4 Å². The number of hydrogen-bond acceptors (Lipinski definition) is 2. The zero-order valence-corrected chi connectivity index (χ0v) is 35.7. The van der Waals surface area contributed by atoms with Gasteiger partial charge in [-0.1, -0.05) is 196 Å². The molecule has 0 bridgehead atoms. The lowest BCUT2D eigenvalue weighted by atomic mass is 9.67. The van der Waals surface area contributed by atoms with Crippen LogP contribution in [0, 0.1) is 0 Å². The minimum Gasteiger partial charge on any atom is -0.455 e. The molecular weight excluding hydrogens is 775 g/mol. The second-order valence-corrected chi connectivity index (χ2v) is 18.0. The normalized spacial score (nSPS) is 14.0. The van der Waals surface area contributed by atoms with Gasteiger partial charge in [-0.3, -0.25) is 0 Å². The smallest absolute Gasteiger partial charge is 0.143 e. The molecule has 0 fully saturated rings. The number of benzene rings is 10. The van der Waals surface area contributed by atoms with Crippen LogP contribution >= 0.6 is 0 Å². The molecule has 1 heterocycles. The van der Waals surface area contributed by atoms with Crippen molar-refractivity contribution in [2.45, 2.75) is 24.7 Å². The van der Waals surface area contributed by atoms with Gasteiger partial charge in [0.15, 0.2) is 0 Å². The van der Waals surface area contributed by atoms with Crippen molar-refractivity contribution < 1.29 is 4.42 Å². The van der Waals surface area contributed by atoms with Crippen molar-refractivity contribution in [1.29, 1.82) is 0 Å². The van der Waals surface area contributed by atoms with Crippen LogP contribution in [0.4, 0.5) is 17.1 Å². The molecule has 0 atom stereocenters. The monoisotopic (exact) mass is 817 g/mol. The number of fused-ring (bicyclic) bond motifs is 11. The summed E-state index contributed by atoms with van der Waals surface area (Å²) >= 11 is 0. The van der Waals surface area contributed by atoms with Gasteiger partial charge in [0.25, 0.3) is 0 Å². The summed E-state index contributed by atoms with van der Waals surface area (Å²) in [6.45, 7) is 4.74. The van der Waals surface area contributed by atoms with Gasteiger partial charge in [0.2, 0.25) is 0 Å². The van der Waals surface area contributed by atoms with Gasteiger partial charge < -0.3 is 9.32 Å². The molecule has 2 aliphatic rings. The molecule has 13 rings (SSSR count). The van der Waals surface area contributed by atoms with Gasteiger partial charge in [0.1, 0.15) is 11.2 Å². The van der Waals surface area contributed by atoms with Gasteiger partial charge >= 0.3 is 0 Å². The highest BCUT2D eigenvalue weighted by atomic mass is 16.3. The van der Waals surface area contributed by atoms with E-state index in [4.69, 9.17) is 4.42 Å². The maximum Gasteiger partial charge on any atom is 0.143 e. The van der Waals surface area contributed by atoms with Crippen LogP contribution in [0.15, 0.2) is 229 Å². The summed E-state index contributed by atoms with van der Waals surface area (Å²) in [6.07, 6.45) is 0. The van der Waals surface area contributed by atoms with Gasteiger partial charge in [-0.15, -0.1) is 0 Å². The molecule has 1 aromatic heterocycles. The highest BCUT2D eigenvalue weighted by Crippen LogP contribution is 2.58. The Kier molecular flexibility index (Phi) is 7.90. The van der Waals surface area contributed by atoms with Crippen molar-refractivity contribution in [3.63, 3.8) is 0 Å². The SMILES string of the molecule is CC1(C)c2ccccc2-c2ccc(N(c3ccc4c(c3)C(c3ccccc3)(c3ccccc3)c3ccccc3-4)c3cc(-c4ccccc4)c4oc5ccc6ccccc6c5c4c3)cc21. The fourth-order valence-corrected chi connectivity index (χ4v) is 11.4. The molecule has 0 saturated heterocycles. The maximum absolute atomic E-state index is 6.92. The number of furan rings is 1. The third-order valence-corrected chi connectivity index (χ3v) is 14.3. The van der Waals surface area contributed by atoms with Crippen molar-refractivity contribution >= 4 is 49.8 Å². The molecule has 0 radical (unpaired) electrons. The van der Waals surface area contributed by atoms with Crippen molar-refractivity contribution in [3.05, 3.63) is 258 Å². The first-order valence-corrected chi connectivity index (χ1v) is 22.3. The quantitative estimate of drug-likeness (QED) is 0.166. The molecule has 302 valence electrons. The van der Waals surface area contributed by atoms with Crippen LogP contribution in [0.3, 0.4) is 0 Å². The third-order valence-electron chi connectivity index (χ3n) is 14.3. The molecule has 0 unspecified atom stereocenters. The number of rotatable bonds is 6. The average Bonchev–Trinajstić information content (AvgIpc) is 3.96. The molecule has 11 aromatic rings. The predicted octanol–water partition coefficient (Wildman–Crippen LogP) is 16.5. The van der Waals surface area contributed by atoms with Gasteiger partial charge in [0, 0.05) is 38.8 Å². The van der Waals surface area contributed by atoms with Crippen LogP contribution in [0.1, 0.15) is 47.2 Å². The first-order chi connectivity index (χ1) is 31.5. The molecule has 64 heavy (non-hydrogen) atoms. The molecule has 0 aliphatic heterocycles. The topological polar surface area (TPSA) is 16.4 Å². The van der Waals surface area contributed by atoms with E-state index in [-0.39, 0.29) is 5.41 Å². The molecule has 2 aliphatic carbocycles. The summed E-state index contributed by atoms with van der Waals surface area (Å²) in [5.74, 6) is 0. The fourth-order valence-electron chi connectivity index (χ4n) is 11.4. The van der Waals surface area contributed by atoms with Crippen molar-refractivity contribution in [2.75, 3.05) is 4.90 Å². The number of anilines is 3. The lowest BCUT2D eigenvalue weighted by molar-refractivity contribution is 0.660. The van der Waals surface area contributed by atoms with Gasteiger partial charge in [-0.25, -0.2) is 0 Å².